The Hall–Kier alpha value is -1.81. The minimum absolute atomic E-state index is 0.200. The molecule has 8 nitrogen and oxygen atoms in total. The van der Waals surface area contributed by atoms with E-state index in [4.69, 9.17) is 23.7 Å². The van der Waals surface area contributed by atoms with E-state index in [1.807, 2.05) is 0 Å². The largest absolute Gasteiger partial charge is 0.455 e. The first-order valence-electron chi connectivity index (χ1n) is 9.86. The molecule has 2 saturated heterocycles. The molecule has 1 spiro atoms. The molecule has 0 radical (unpaired) electrons. The van der Waals surface area contributed by atoms with E-state index >= 15 is 0 Å². The van der Waals surface area contributed by atoms with Crippen molar-refractivity contribution in [3.63, 3.8) is 0 Å². The Kier molecular flexibility index (Phi) is 3.88. The fourth-order valence-corrected chi connectivity index (χ4v) is 6.10. The van der Waals surface area contributed by atoms with E-state index in [0.717, 1.165) is 12.8 Å². The molecule has 4 bridgehead atoms. The van der Waals surface area contributed by atoms with E-state index in [0.29, 0.717) is 26.2 Å². The maximum Gasteiger partial charge on any atom is 0.377 e. The van der Waals surface area contributed by atoms with Gasteiger partial charge in [0.05, 0.1) is 0 Å². The molecule has 0 N–H and O–H groups in total. The number of carbonyl (C=O) groups excluding carboxylic acids is 3. The third-order valence-corrected chi connectivity index (χ3v) is 6.88. The first-order valence-corrected chi connectivity index (χ1v) is 9.86. The maximum atomic E-state index is 13.4. The summed E-state index contributed by atoms with van der Waals surface area (Å²) in [6.07, 6.45) is -0.338. The van der Waals surface area contributed by atoms with Crippen LogP contribution in [0, 0.1) is 17.8 Å². The summed E-state index contributed by atoms with van der Waals surface area (Å²) in [5, 5.41) is 0. The van der Waals surface area contributed by atoms with Gasteiger partial charge in [-0.2, -0.15) is 8.78 Å². The van der Waals surface area contributed by atoms with E-state index < -0.39 is 53.7 Å². The third kappa shape index (κ3) is 2.78. The molecule has 6 fully saturated rings. The summed E-state index contributed by atoms with van der Waals surface area (Å²) in [4.78, 5) is 35.2. The van der Waals surface area contributed by atoms with Crippen molar-refractivity contribution in [2.45, 2.75) is 81.8 Å². The monoisotopic (exact) mass is 416 g/mol. The molecule has 0 aromatic carbocycles. The molecular formula is C19H22F2O8. The second kappa shape index (κ2) is 5.87. The van der Waals surface area contributed by atoms with Crippen LogP contribution < -0.4 is 0 Å². The fourth-order valence-electron chi connectivity index (χ4n) is 6.10. The van der Waals surface area contributed by atoms with Crippen LogP contribution in [0.5, 0.6) is 0 Å². The minimum atomic E-state index is -3.55. The second-order valence-corrected chi connectivity index (χ2v) is 9.06. The molecule has 2 heterocycles. The summed E-state index contributed by atoms with van der Waals surface area (Å²) in [5.41, 5.74) is -0.950. The van der Waals surface area contributed by atoms with E-state index in [1.54, 1.807) is 0 Å². The molecule has 0 aromatic rings. The van der Waals surface area contributed by atoms with Crippen molar-refractivity contribution < 1.29 is 46.8 Å². The normalized spacial score (nSPS) is 47.2. The zero-order chi connectivity index (χ0) is 20.8. The van der Waals surface area contributed by atoms with Crippen LogP contribution in [-0.2, 0) is 38.1 Å². The van der Waals surface area contributed by atoms with E-state index in [9.17, 15) is 23.2 Å². The molecule has 6 rings (SSSR count). The van der Waals surface area contributed by atoms with Gasteiger partial charge in [0, 0.05) is 25.7 Å². The Morgan fingerprint density at radius 3 is 2.38 bits per heavy atom. The number of hydrogen-bond acceptors (Lipinski definition) is 8. The van der Waals surface area contributed by atoms with Crippen LogP contribution in [0.4, 0.5) is 8.78 Å². The third-order valence-electron chi connectivity index (χ3n) is 6.88. The number of esters is 3. The molecule has 4 saturated carbocycles. The van der Waals surface area contributed by atoms with E-state index in [1.165, 1.54) is 6.92 Å². The van der Waals surface area contributed by atoms with Crippen molar-refractivity contribution in [3.05, 3.63) is 0 Å². The molecule has 29 heavy (non-hydrogen) atoms. The summed E-state index contributed by atoms with van der Waals surface area (Å²) in [7, 11) is 0. The lowest BCUT2D eigenvalue weighted by Gasteiger charge is -2.62. The van der Waals surface area contributed by atoms with Gasteiger partial charge >= 0.3 is 23.8 Å². The SMILES string of the molecule is CC(=O)OC1C(=O)OC2OC3(OC21)C1CC2CC3CC(OC(=O)C(C)(F)F)(C2)C1. The van der Waals surface area contributed by atoms with E-state index in [-0.39, 0.29) is 17.8 Å². The lowest BCUT2D eigenvalue weighted by molar-refractivity contribution is -0.337. The molecule has 5 atom stereocenters. The average Bonchev–Trinajstić information content (AvgIpc) is 3.07. The van der Waals surface area contributed by atoms with Crippen LogP contribution in [0.2, 0.25) is 0 Å². The lowest BCUT2D eigenvalue weighted by Crippen LogP contribution is -2.66. The number of ether oxygens (including phenoxy) is 5. The minimum Gasteiger partial charge on any atom is -0.455 e. The van der Waals surface area contributed by atoms with Crippen molar-refractivity contribution in [2.24, 2.45) is 17.8 Å². The van der Waals surface area contributed by atoms with Crippen molar-refractivity contribution in [2.75, 3.05) is 0 Å². The number of alkyl halides is 2. The smallest absolute Gasteiger partial charge is 0.377 e. The Balaban J connectivity index is 1.38. The summed E-state index contributed by atoms with van der Waals surface area (Å²) >= 11 is 0. The van der Waals surface area contributed by atoms with E-state index in [2.05, 4.69) is 0 Å². The zero-order valence-corrected chi connectivity index (χ0v) is 16.0. The van der Waals surface area contributed by atoms with Gasteiger partial charge in [0.25, 0.3) is 0 Å². The molecule has 0 aromatic heterocycles. The van der Waals surface area contributed by atoms with Gasteiger partial charge in [-0.3, -0.25) is 4.79 Å². The highest BCUT2D eigenvalue weighted by Gasteiger charge is 2.72. The number of fused-ring (bicyclic) bond motifs is 1. The van der Waals surface area contributed by atoms with Crippen molar-refractivity contribution in [1.82, 2.24) is 0 Å². The Bertz CT molecular complexity index is 761. The van der Waals surface area contributed by atoms with Gasteiger partial charge in [-0.05, 0) is 38.0 Å². The van der Waals surface area contributed by atoms with Gasteiger partial charge in [-0.1, -0.05) is 0 Å². The number of halogens is 2. The molecule has 10 heteroatoms. The predicted octanol–water partition coefficient (Wildman–Crippen LogP) is 1.69. The van der Waals surface area contributed by atoms with Crippen molar-refractivity contribution >= 4 is 17.9 Å². The Morgan fingerprint density at radius 2 is 1.79 bits per heavy atom. The molecule has 2 aliphatic heterocycles. The molecule has 5 unspecified atom stereocenters. The van der Waals surface area contributed by atoms with Gasteiger partial charge in [0.2, 0.25) is 12.4 Å². The van der Waals surface area contributed by atoms with Crippen LogP contribution in [0.15, 0.2) is 0 Å². The Labute approximate surface area is 165 Å². The van der Waals surface area contributed by atoms with Crippen LogP contribution in [0.25, 0.3) is 0 Å². The predicted molar refractivity (Wildman–Crippen MR) is 87.1 cm³/mol. The lowest BCUT2D eigenvalue weighted by atomic mass is 9.51. The van der Waals surface area contributed by atoms with Crippen LogP contribution in [-0.4, -0.2) is 53.7 Å². The number of carbonyl (C=O) groups is 3. The summed E-state index contributed by atoms with van der Waals surface area (Å²) in [6.45, 7) is 1.72. The first kappa shape index (κ1) is 19.2. The second-order valence-electron chi connectivity index (χ2n) is 9.06. The highest BCUT2D eigenvalue weighted by molar-refractivity contribution is 5.81. The standard InChI is InChI=1S/C19H22F2O8/c1-8(22)25-12-13-15(26-14(12)23)28-19(27-13)10-3-9-4-11(19)7-18(5-9,6-10)29-16(24)17(2,20)21/h9-13,15H,3-7H2,1-2H3. The van der Waals surface area contributed by atoms with Crippen molar-refractivity contribution in [1.29, 1.82) is 0 Å². The van der Waals surface area contributed by atoms with Crippen LogP contribution in [0.1, 0.15) is 46.0 Å². The zero-order valence-electron chi connectivity index (χ0n) is 16.0. The Morgan fingerprint density at radius 1 is 1.14 bits per heavy atom. The first-order chi connectivity index (χ1) is 13.5. The van der Waals surface area contributed by atoms with Gasteiger partial charge in [0.1, 0.15) is 5.60 Å². The maximum absolute atomic E-state index is 13.4. The van der Waals surface area contributed by atoms with Crippen LogP contribution in [0.3, 0.4) is 0 Å². The topological polar surface area (TPSA) is 97.4 Å². The fraction of sp³-hybridized carbons (Fsp3) is 0.842. The molecule has 4 aliphatic carbocycles. The van der Waals surface area contributed by atoms with Gasteiger partial charge in [-0.25, -0.2) is 9.59 Å². The molecule has 6 aliphatic rings. The van der Waals surface area contributed by atoms with Gasteiger partial charge < -0.3 is 23.7 Å². The molecule has 0 amide bonds. The highest BCUT2D eigenvalue weighted by Crippen LogP contribution is 2.65. The molecule has 160 valence electrons. The van der Waals surface area contributed by atoms with Gasteiger partial charge in [-0.15, -0.1) is 0 Å². The highest BCUT2D eigenvalue weighted by atomic mass is 19.3. The van der Waals surface area contributed by atoms with Gasteiger partial charge in [0.15, 0.2) is 11.9 Å². The quantitative estimate of drug-likeness (QED) is 0.507. The van der Waals surface area contributed by atoms with Crippen LogP contribution >= 0.6 is 0 Å². The van der Waals surface area contributed by atoms with Crippen molar-refractivity contribution in [3.8, 4) is 0 Å². The summed E-state index contributed by atoms with van der Waals surface area (Å²) < 4.78 is 54.8. The number of rotatable bonds is 3. The number of hydrogen-bond donors (Lipinski definition) is 0. The summed E-state index contributed by atoms with van der Waals surface area (Å²) in [6, 6.07) is 0. The average molecular weight is 416 g/mol. The summed E-state index contributed by atoms with van der Waals surface area (Å²) in [5.74, 6) is -7.65. The molecular weight excluding hydrogens is 394 g/mol.